The van der Waals surface area contributed by atoms with Gasteiger partial charge in [0, 0.05) is 28.9 Å². The fraction of sp³-hybridized carbons (Fsp3) is 0.385. The molecule has 0 atom stereocenters. The zero-order valence-electron chi connectivity index (χ0n) is 11.4. The number of fused-ring (bicyclic) bond motifs is 1. The van der Waals surface area contributed by atoms with E-state index < -0.39 is 0 Å². The van der Waals surface area contributed by atoms with Crippen LogP contribution in [0.3, 0.4) is 0 Å². The lowest BCUT2D eigenvalue weighted by Gasteiger charge is -2.04. The molecule has 0 aliphatic heterocycles. The number of thiazole rings is 1. The van der Waals surface area contributed by atoms with Crippen molar-refractivity contribution in [2.24, 2.45) is 0 Å². The molecule has 108 valence electrons. The minimum absolute atomic E-state index is 0.0157. The third-order valence-electron chi connectivity index (χ3n) is 3.46. The number of aryl methyl sites for hydroxylation is 1. The highest BCUT2D eigenvalue weighted by molar-refractivity contribution is 7.98. The third-order valence-corrected chi connectivity index (χ3v) is 5.39. The van der Waals surface area contributed by atoms with E-state index in [1.807, 2.05) is 12.3 Å². The Bertz CT molecular complexity index is 861. The molecule has 4 rings (SSSR count). The van der Waals surface area contributed by atoms with E-state index in [-0.39, 0.29) is 5.56 Å². The molecule has 0 spiro atoms. The molecule has 3 heterocycles. The third kappa shape index (κ3) is 2.38. The lowest BCUT2D eigenvalue weighted by molar-refractivity contribution is 0.663. The number of aromatic nitrogens is 5. The largest absolute Gasteiger partial charge is 0.306 e. The highest BCUT2D eigenvalue weighted by Crippen LogP contribution is 2.37. The standard InChI is InChI=1S/C13H13N5OS2/c1-8-5-20-12-15-9(4-11(19)18(8)12)6-21-13-16-14-7-17(13)10-2-3-10/h4-5,7,10H,2-3,6H2,1H3. The zero-order chi connectivity index (χ0) is 14.4. The minimum Gasteiger partial charge on any atom is -0.306 e. The van der Waals surface area contributed by atoms with Gasteiger partial charge in [-0.05, 0) is 19.8 Å². The fourth-order valence-corrected chi connectivity index (χ4v) is 4.02. The molecular formula is C13H13N5OS2. The molecule has 0 radical (unpaired) electrons. The van der Waals surface area contributed by atoms with Gasteiger partial charge < -0.3 is 4.57 Å². The van der Waals surface area contributed by atoms with Crippen molar-refractivity contribution in [3.63, 3.8) is 0 Å². The van der Waals surface area contributed by atoms with Crippen LogP contribution in [0.25, 0.3) is 4.96 Å². The Balaban J connectivity index is 1.59. The molecule has 6 nitrogen and oxygen atoms in total. The second-order valence-corrected chi connectivity index (χ2v) is 6.90. The van der Waals surface area contributed by atoms with Crippen LogP contribution in [0.2, 0.25) is 0 Å². The van der Waals surface area contributed by atoms with Crippen LogP contribution in [0, 0.1) is 6.92 Å². The summed E-state index contributed by atoms with van der Waals surface area (Å²) in [6.45, 7) is 1.92. The minimum atomic E-state index is -0.0157. The Morgan fingerprint density at radius 1 is 1.48 bits per heavy atom. The molecule has 1 aliphatic rings. The summed E-state index contributed by atoms with van der Waals surface area (Å²) < 4.78 is 3.76. The quantitative estimate of drug-likeness (QED) is 0.690. The summed E-state index contributed by atoms with van der Waals surface area (Å²) in [7, 11) is 0. The summed E-state index contributed by atoms with van der Waals surface area (Å²) in [5.41, 5.74) is 1.70. The first-order chi connectivity index (χ1) is 10.2. The van der Waals surface area contributed by atoms with Crippen LogP contribution in [0.1, 0.15) is 30.3 Å². The molecule has 0 N–H and O–H groups in total. The summed E-state index contributed by atoms with van der Waals surface area (Å²) in [5, 5.41) is 11.0. The van der Waals surface area contributed by atoms with E-state index in [4.69, 9.17) is 0 Å². The van der Waals surface area contributed by atoms with Crippen molar-refractivity contribution in [2.45, 2.75) is 36.7 Å². The van der Waals surface area contributed by atoms with Crippen LogP contribution in [-0.2, 0) is 5.75 Å². The van der Waals surface area contributed by atoms with Gasteiger partial charge in [0.05, 0.1) is 5.69 Å². The van der Waals surface area contributed by atoms with Gasteiger partial charge in [-0.25, -0.2) is 4.98 Å². The van der Waals surface area contributed by atoms with Gasteiger partial charge in [-0.3, -0.25) is 9.20 Å². The Morgan fingerprint density at radius 3 is 3.14 bits per heavy atom. The summed E-state index contributed by atoms with van der Waals surface area (Å²) in [6.07, 6.45) is 4.19. The molecule has 8 heteroatoms. The molecule has 1 saturated carbocycles. The lowest BCUT2D eigenvalue weighted by atomic mass is 10.4. The van der Waals surface area contributed by atoms with Gasteiger partial charge in [-0.2, -0.15) is 0 Å². The maximum atomic E-state index is 12.1. The Labute approximate surface area is 128 Å². The van der Waals surface area contributed by atoms with E-state index in [1.165, 1.54) is 24.2 Å². The van der Waals surface area contributed by atoms with Crippen molar-refractivity contribution < 1.29 is 0 Å². The van der Waals surface area contributed by atoms with Crippen LogP contribution in [-0.4, -0.2) is 24.1 Å². The molecule has 0 saturated heterocycles. The number of hydrogen-bond donors (Lipinski definition) is 0. The van der Waals surface area contributed by atoms with E-state index in [0.717, 1.165) is 21.5 Å². The topological polar surface area (TPSA) is 65.1 Å². The van der Waals surface area contributed by atoms with Crippen molar-refractivity contribution in [1.29, 1.82) is 0 Å². The van der Waals surface area contributed by atoms with Crippen molar-refractivity contribution in [3.05, 3.63) is 39.5 Å². The van der Waals surface area contributed by atoms with E-state index in [1.54, 1.807) is 28.6 Å². The molecule has 3 aromatic rings. The number of nitrogens with zero attached hydrogens (tertiary/aromatic N) is 5. The average Bonchev–Trinajstić information content (AvgIpc) is 3.08. The lowest BCUT2D eigenvalue weighted by Crippen LogP contribution is -2.14. The van der Waals surface area contributed by atoms with Crippen LogP contribution in [0.15, 0.2) is 27.7 Å². The predicted octanol–water partition coefficient (Wildman–Crippen LogP) is 2.28. The second kappa shape index (κ2) is 4.96. The number of rotatable bonds is 4. The van der Waals surface area contributed by atoms with Crippen molar-refractivity contribution in [2.75, 3.05) is 0 Å². The van der Waals surface area contributed by atoms with Gasteiger partial charge >= 0.3 is 0 Å². The monoisotopic (exact) mass is 319 g/mol. The Morgan fingerprint density at radius 2 is 2.33 bits per heavy atom. The van der Waals surface area contributed by atoms with Crippen molar-refractivity contribution >= 4 is 28.1 Å². The maximum absolute atomic E-state index is 12.1. The van der Waals surface area contributed by atoms with Gasteiger partial charge in [0.2, 0.25) is 0 Å². The smallest absolute Gasteiger partial charge is 0.258 e. The first kappa shape index (κ1) is 13.0. The van der Waals surface area contributed by atoms with E-state index in [0.29, 0.717) is 11.8 Å². The second-order valence-electron chi connectivity index (χ2n) is 5.12. The first-order valence-corrected chi connectivity index (χ1v) is 8.58. The van der Waals surface area contributed by atoms with Crippen LogP contribution in [0.4, 0.5) is 0 Å². The molecule has 21 heavy (non-hydrogen) atoms. The summed E-state index contributed by atoms with van der Waals surface area (Å²) >= 11 is 3.08. The van der Waals surface area contributed by atoms with Crippen LogP contribution in [0.5, 0.6) is 0 Å². The predicted molar refractivity (Wildman–Crippen MR) is 81.9 cm³/mol. The SMILES string of the molecule is Cc1csc2nc(CSc3nncn3C3CC3)cc(=O)n12. The number of thioether (sulfide) groups is 1. The highest BCUT2D eigenvalue weighted by Gasteiger charge is 2.26. The summed E-state index contributed by atoms with van der Waals surface area (Å²) in [4.78, 5) is 17.4. The van der Waals surface area contributed by atoms with Gasteiger partial charge in [0.15, 0.2) is 10.1 Å². The first-order valence-electron chi connectivity index (χ1n) is 6.71. The van der Waals surface area contributed by atoms with E-state index >= 15 is 0 Å². The molecule has 0 bridgehead atoms. The molecule has 0 aromatic carbocycles. The molecular weight excluding hydrogens is 306 g/mol. The molecule has 0 amide bonds. The van der Waals surface area contributed by atoms with E-state index in [2.05, 4.69) is 19.7 Å². The summed E-state index contributed by atoms with van der Waals surface area (Å²) in [6, 6.07) is 2.17. The highest BCUT2D eigenvalue weighted by atomic mass is 32.2. The molecule has 1 fully saturated rings. The zero-order valence-corrected chi connectivity index (χ0v) is 13.0. The Hall–Kier alpha value is -1.67. The molecule has 0 unspecified atom stereocenters. The van der Waals surface area contributed by atoms with Crippen molar-refractivity contribution in [3.8, 4) is 0 Å². The van der Waals surface area contributed by atoms with Gasteiger partial charge in [-0.15, -0.1) is 21.5 Å². The van der Waals surface area contributed by atoms with E-state index in [9.17, 15) is 4.79 Å². The Kier molecular flexibility index (Phi) is 3.07. The van der Waals surface area contributed by atoms with Gasteiger partial charge in [0.25, 0.3) is 5.56 Å². The number of hydrogen-bond acceptors (Lipinski definition) is 6. The summed E-state index contributed by atoms with van der Waals surface area (Å²) in [5.74, 6) is 0.633. The van der Waals surface area contributed by atoms with Gasteiger partial charge in [-0.1, -0.05) is 11.8 Å². The average molecular weight is 319 g/mol. The normalized spacial score (nSPS) is 14.9. The van der Waals surface area contributed by atoms with Crippen LogP contribution < -0.4 is 5.56 Å². The van der Waals surface area contributed by atoms with Gasteiger partial charge in [0.1, 0.15) is 6.33 Å². The van der Waals surface area contributed by atoms with Crippen molar-refractivity contribution in [1.82, 2.24) is 24.1 Å². The fourth-order valence-electron chi connectivity index (χ4n) is 2.25. The molecule has 3 aromatic heterocycles. The van der Waals surface area contributed by atoms with Crippen LogP contribution >= 0.6 is 23.1 Å². The maximum Gasteiger partial charge on any atom is 0.258 e. The molecule has 1 aliphatic carbocycles.